The molecule has 1 heterocycles. The molecule has 68 valence electrons. The number of thioether (sulfide) groups is 1. The summed E-state index contributed by atoms with van der Waals surface area (Å²) in [5.41, 5.74) is 0.369. The predicted octanol–water partition coefficient (Wildman–Crippen LogP) is 2.24. The number of aromatic nitrogens is 2. The highest BCUT2D eigenvalue weighted by Gasteiger charge is 2.03. The van der Waals surface area contributed by atoms with Gasteiger partial charge in [-0.3, -0.25) is 0 Å². The summed E-state index contributed by atoms with van der Waals surface area (Å²) >= 11 is 1.68. The maximum atomic E-state index is 8.50. The van der Waals surface area contributed by atoms with Gasteiger partial charge in [0.25, 0.3) is 0 Å². The van der Waals surface area contributed by atoms with Crippen molar-refractivity contribution < 1.29 is 0 Å². The van der Waals surface area contributed by atoms with E-state index in [1.54, 1.807) is 18.0 Å². The minimum atomic E-state index is 0.369. The van der Waals surface area contributed by atoms with Gasteiger partial charge in [0.05, 0.1) is 12.4 Å². The lowest BCUT2D eigenvalue weighted by molar-refractivity contribution is 0.898. The lowest BCUT2D eigenvalue weighted by Gasteiger charge is -2.05. The van der Waals surface area contributed by atoms with E-state index < -0.39 is 0 Å². The van der Waals surface area contributed by atoms with Gasteiger partial charge in [0.15, 0.2) is 5.69 Å². The maximum absolute atomic E-state index is 8.50. The third-order valence-corrected chi connectivity index (χ3v) is 2.83. The van der Waals surface area contributed by atoms with Gasteiger partial charge in [0, 0.05) is 5.25 Å². The first-order valence-corrected chi connectivity index (χ1v) is 5.03. The topological polar surface area (TPSA) is 49.6 Å². The van der Waals surface area contributed by atoms with Crippen molar-refractivity contribution in [2.24, 2.45) is 0 Å². The fourth-order valence-corrected chi connectivity index (χ4v) is 1.53. The van der Waals surface area contributed by atoms with Gasteiger partial charge in [0.1, 0.15) is 11.1 Å². The summed E-state index contributed by atoms with van der Waals surface area (Å²) in [4.78, 5) is 8.06. The molecule has 0 saturated heterocycles. The molecule has 0 radical (unpaired) electrons. The van der Waals surface area contributed by atoms with Crippen LogP contribution in [0, 0.1) is 11.3 Å². The van der Waals surface area contributed by atoms with Crippen molar-refractivity contribution in [2.75, 3.05) is 0 Å². The molecule has 3 nitrogen and oxygen atoms in total. The highest BCUT2D eigenvalue weighted by Crippen LogP contribution is 2.21. The van der Waals surface area contributed by atoms with E-state index in [4.69, 9.17) is 5.26 Å². The first-order chi connectivity index (χ1) is 6.26. The Morgan fingerprint density at radius 3 is 2.77 bits per heavy atom. The molecule has 0 aliphatic rings. The Hall–Kier alpha value is -1.08. The quantitative estimate of drug-likeness (QED) is 0.691. The van der Waals surface area contributed by atoms with Crippen molar-refractivity contribution in [2.45, 2.75) is 30.5 Å². The van der Waals surface area contributed by atoms with E-state index in [2.05, 4.69) is 23.8 Å². The molecular weight excluding hydrogens is 182 g/mol. The van der Waals surface area contributed by atoms with Gasteiger partial charge in [0.2, 0.25) is 0 Å². The zero-order valence-electron chi connectivity index (χ0n) is 7.69. The summed E-state index contributed by atoms with van der Waals surface area (Å²) < 4.78 is 0. The zero-order valence-corrected chi connectivity index (χ0v) is 8.51. The second kappa shape index (κ2) is 4.83. The molecule has 0 saturated carbocycles. The van der Waals surface area contributed by atoms with Crippen LogP contribution in [0.4, 0.5) is 0 Å². The fourth-order valence-electron chi connectivity index (χ4n) is 0.724. The molecule has 1 aromatic rings. The average molecular weight is 193 g/mol. The second-order valence-corrected chi connectivity index (χ2v) is 4.15. The van der Waals surface area contributed by atoms with Gasteiger partial charge < -0.3 is 0 Å². The summed E-state index contributed by atoms with van der Waals surface area (Å²) in [5, 5.41) is 9.92. The Kier molecular flexibility index (Phi) is 3.71. The first-order valence-electron chi connectivity index (χ1n) is 4.15. The molecule has 0 bridgehead atoms. The third kappa shape index (κ3) is 3.03. The van der Waals surface area contributed by atoms with Crippen LogP contribution in [0.5, 0.6) is 0 Å². The largest absolute Gasteiger partial charge is 0.245 e. The number of hydrogen-bond donors (Lipinski definition) is 0. The van der Waals surface area contributed by atoms with Crippen LogP contribution in [0.15, 0.2) is 17.4 Å². The van der Waals surface area contributed by atoms with Crippen LogP contribution in [0.3, 0.4) is 0 Å². The molecule has 0 N–H and O–H groups in total. The summed E-state index contributed by atoms with van der Waals surface area (Å²) in [7, 11) is 0. The Balaban J connectivity index is 2.65. The van der Waals surface area contributed by atoms with Gasteiger partial charge in [-0.15, -0.1) is 11.8 Å². The van der Waals surface area contributed by atoms with Crippen LogP contribution in [-0.4, -0.2) is 15.2 Å². The lowest BCUT2D eigenvalue weighted by Crippen LogP contribution is -1.94. The standard InChI is InChI=1S/C9H11N3S/c1-3-7(2)13-9-6-11-8(4-10)5-12-9/h5-7H,3H2,1-2H3. The average Bonchev–Trinajstić information content (AvgIpc) is 2.19. The molecule has 0 aliphatic carbocycles. The van der Waals surface area contributed by atoms with E-state index in [0.29, 0.717) is 10.9 Å². The molecular formula is C9H11N3S. The van der Waals surface area contributed by atoms with Crippen molar-refractivity contribution in [3.8, 4) is 6.07 Å². The van der Waals surface area contributed by atoms with Crippen molar-refractivity contribution in [1.29, 1.82) is 5.26 Å². The Morgan fingerprint density at radius 1 is 1.54 bits per heavy atom. The highest BCUT2D eigenvalue weighted by molar-refractivity contribution is 7.99. The Labute approximate surface area is 82.2 Å². The van der Waals surface area contributed by atoms with E-state index in [1.807, 2.05) is 6.07 Å². The van der Waals surface area contributed by atoms with Crippen LogP contribution in [0.25, 0.3) is 0 Å². The molecule has 0 fully saturated rings. The molecule has 1 unspecified atom stereocenters. The van der Waals surface area contributed by atoms with Gasteiger partial charge in [-0.25, -0.2) is 9.97 Å². The lowest BCUT2D eigenvalue weighted by atomic mass is 10.4. The molecule has 1 aromatic heterocycles. The molecule has 0 spiro atoms. The summed E-state index contributed by atoms with van der Waals surface area (Å²) in [6.07, 6.45) is 4.26. The SMILES string of the molecule is CCC(C)Sc1cnc(C#N)cn1. The highest BCUT2D eigenvalue weighted by atomic mass is 32.2. The van der Waals surface area contributed by atoms with E-state index in [1.165, 1.54) is 6.20 Å². The zero-order chi connectivity index (χ0) is 9.68. The predicted molar refractivity (Wildman–Crippen MR) is 52.4 cm³/mol. The van der Waals surface area contributed by atoms with Crippen LogP contribution < -0.4 is 0 Å². The van der Waals surface area contributed by atoms with E-state index in [-0.39, 0.29) is 0 Å². The Morgan fingerprint density at radius 2 is 2.31 bits per heavy atom. The number of hydrogen-bond acceptors (Lipinski definition) is 4. The minimum absolute atomic E-state index is 0.369. The summed E-state index contributed by atoms with van der Waals surface area (Å²) in [6.45, 7) is 4.28. The summed E-state index contributed by atoms with van der Waals surface area (Å²) in [6, 6.07) is 1.94. The van der Waals surface area contributed by atoms with Gasteiger partial charge >= 0.3 is 0 Å². The van der Waals surface area contributed by atoms with E-state index >= 15 is 0 Å². The number of nitriles is 1. The molecule has 0 amide bonds. The molecule has 0 aliphatic heterocycles. The normalized spacial score (nSPS) is 12.1. The van der Waals surface area contributed by atoms with Gasteiger partial charge in [-0.2, -0.15) is 5.26 Å². The van der Waals surface area contributed by atoms with Crippen LogP contribution >= 0.6 is 11.8 Å². The second-order valence-electron chi connectivity index (χ2n) is 2.69. The maximum Gasteiger partial charge on any atom is 0.158 e. The molecule has 13 heavy (non-hydrogen) atoms. The molecule has 0 aromatic carbocycles. The number of rotatable bonds is 3. The van der Waals surface area contributed by atoms with Crippen molar-refractivity contribution in [3.63, 3.8) is 0 Å². The van der Waals surface area contributed by atoms with Crippen LogP contribution in [0.2, 0.25) is 0 Å². The molecule has 4 heteroatoms. The smallest absolute Gasteiger partial charge is 0.158 e. The fraction of sp³-hybridized carbons (Fsp3) is 0.444. The van der Waals surface area contributed by atoms with Crippen molar-refractivity contribution >= 4 is 11.8 Å². The van der Waals surface area contributed by atoms with Crippen molar-refractivity contribution in [3.05, 3.63) is 18.1 Å². The van der Waals surface area contributed by atoms with E-state index in [9.17, 15) is 0 Å². The van der Waals surface area contributed by atoms with Gasteiger partial charge in [-0.1, -0.05) is 13.8 Å². The Bertz CT molecular complexity index is 302. The van der Waals surface area contributed by atoms with E-state index in [0.717, 1.165) is 11.4 Å². The molecule has 1 atom stereocenters. The summed E-state index contributed by atoms with van der Waals surface area (Å²) in [5.74, 6) is 0. The number of nitrogens with zero attached hydrogens (tertiary/aromatic N) is 3. The third-order valence-electron chi connectivity index (χ3n) is 1.64. The van der Waals surface area contributed by atoms with Crippen molar-refractivity contribution in [1.82, 2.24) is 9.97 Å². The van der Waals surface area contributed by atoms with Crippen LogP contribution in [0.1, 0.15) is 26.0 Å². The minimum Gasteiger partial charge on any atom is -0.245 e. The first kappa shape index (κ1) is 10.0. The van der Waals surface area contributed by atoms with Crippen LogP contribution in [-0.2, 0) is 0 Å². The monoisotopic (exact) mass is 193 g/mol. The van der Waals surface area contributed by atoms with Gasteiger partial charge in [-0.05, 0) is 6.42 Å². The molecule has 1 rings (SSSR count).